The molecule has 0 aromatic heterocycles. The van der Waals surface area contributed by atoms with Crippen LogP contribution in [0.4, 0.5) is 4.39 Å². The molecule has 2 atom stereocenters. The van der Waals surface area contributed by atoms with Crippen molar-refractivity contribution in [1.29, 1.82) is 0 Å². The number of hydrogen-bond donors (Lipinski definition) is 1. The van der Waals surface area contributed by atoms with Crippen LogP contribution in [0.25, 0.3) is 0 Å². The van der Waals surface area contributed by atoms with Crippen LogP contribution in [0.5, 0.6) is 0 Å². The Morgan fingerprint density at radius 2 is 2.20 bits per heavy atom. The number of nitrogens with one attached hydrogen (secondary N) is 1. The normalized spacial score (nSPS) is 17.5. The fourth-order valence-electron chi connectivity index (χ4n) is 1.32. The van der Waals surface area contributed by atoms with E-state index >= 15 is 0 Å². The summed E-state index contributed by atoms with van der Waals surface area (Å²) < 4.78 is 12.8. The maximum atomic E-state index is 12.8. The molecule has 90 valence electrons. The highest BCUT2D eigenvalue weighted by atomic mass is 19.1. The van der Waals surface area contributed by atoms with Crippen molar-refractivity contribution in [1.82, 2.24) is 10.4 Å². The van der Waals surface area contributed by atoms with Crippen molar-refractivity contribution in [3.8, 4) is 0 Å². The summed E-state index contributed by atoms with van der Waals surface area (Å²) in [7, 11) is 1.78. The van der Waals surface area contributed by atoms with Gasteiger partial charge in [-0.05, 0) is 32.2 Å². The largest absolute Gasteiger partial charge is 0.302 e. The second-order valence-corrected chi connectivity index (χ2v) is 4.34. The zero-order valence-electron chi connectivity index (χ0n) is 10.2. The third-order valence-corrected chi connectivity index (χ3v) is 3.11. The summed E-state index contributed by atoms with van der Waals surface area (Å²) in [6, 6.07) is -0.171. The molecule has 0 fully saturated rings. The van der Waals surface area contributed by atoms with Crippen LogP contribution in [-0.2, 0) is 4.79 Å². The van der Waals surface area contributed by atoms with Gasteiger partial charge in [-0.3, -0.25) is 9.82 Å². The molecule has 0 aliphatic rings. The Morgan fingerprint density at radius 1 is 1.60 bits per heavy atom. The molecule has 0 aromatic carbocycles. The standard InChI is InChI=1S/C11H23FN2O/c1-5-11(3,9-12)6-7-14(13-4)10(2)8-15/h8,10,13H,5-7,9H2,1-4H3/t10-,11?/m1/s1. The summed E-state index contributed by atoms with van der Waals surface area (Å²) >= 11 is 0. The van der Waals surface area contributed by atoms with Gasteiger partial charge < -0.3 is 4.79 Å². The Morgan fingerprint density at radius 3 is 2.53 bits per heavy atom. The van der Waals surface area contributed by atoms with Gasteiger partial charge in [0.15, 0.2) is 0 Å². The number of halogens is 1. The van der Waals surface area contributed by atoms with Crippen LogP contribution in [0.3, 0.4) is 0 Å². The third kappa shape index (κ3) is 4.71. The van der Waals surface area contributed by atoms with Crippen molar-refractivity contribution in [2.24, 2.45) is 5.41 Å². The van der Waals surface area contributed by atoms with Crippen molar-refractivity contribution in [3.63, 3.8) is 0 Å². The molecule has 0 saturated heterocycles. The maximum absolute atomic E-state index is 12.8. The molecule has 0 bridgehead atoms. The Labute approximate surface area is 92.0 Å². The number of hydrogen-bond acceptors (Lipinski definition) is 3. The Kier molecular flexibility index (Phi) is 6.68. The molecule has 1 unspecified atom stereocenters. The summed E-state index contributed by atoms with van der Waals surface area (Å²) in [6.07, 6.45) is 2.45. The van der Waals surface area contributed by atoms with E-state index in [-0.39, 0.29) is 18.1 Å². The first-order chi connectivity index (χ1) is 7.02. The predicted octanol–water partition coefficient (Wildman–Crippen LogP) is 1.79. The molecule has 0 radical (unpaired) electrons. The number of carbonyl (C=O) groups is 1. The highest BCUT2D eigenvalue weighted by Gasteiger charge is 2.23. The Balaban J connectivity index is 4.15. The lowest BCUT2D eigenvalue weighted by atomic mass is 9.85. The highest BCUT2D eigenvalue weighted by molar-refractivity contribution is 5.56. The quantitative estimate of drug-likeness (QED) is 0.498. The predicted molar refractivity (Wildman–Crippen MR) is 60.3 cm³/mol. The van der Waals surface area contributed by atoms with Gasteiger partial charge in [0.05, 0.1) is 12.7 Å². The fourth-order valence-corrected chi connectivity index (χ4v) is 1.32. The Hall–Kier alpha value is -0.480. The summed E-state index contributed by atoms with van der Waals surface area (Å²) in [5, 5.41) is 1.83. The second kappa shape index (κ2) is 6.90. The van der Waals surface area contributed by atoms with E-state index in [2.05, 4.69) is 5.43 Å². The van der Waals surface area contributed by atoms with Gasteiger partial charge >= 0.3 is 0 Å². The monoisotopic (exact) mass is 218 g/mol. The molecule has 0 aromatic rings. The number of carbonyl (C=O) groups excluding carboxylic acids is 1. The molecule has 0 aliphatic carbocycles. The number of rotatable bonds is 8. The van der Waals surface area contributed by atoms with Gasteiger partial charge in [0.2, 0.25) is 0 Å². The lowest BCUT2D eigenvalue weighted by Gasteiger charge is -2.30. The minimum atomic E-state index is -0.309. The molecule has 1 N–H and O–H groups in total. The van der Waals surface area contributed by atoms with Gasteiger partial charge in [0.25, 0.3) is 0 Å². The zero-order valence-corrected chi connectivity index (χ0v) is 10.2. The lowest BCUT2D eigenvalue weighted by molar-refractivity contribution is -0.113. The molecule has 0 spiro atoms. The van der Waals surface area contributed by atoms with Gasteiger partial charge in [-0.15, -0.1) is 0 Å². The van der Waals surface area contributed by atoms with Crippen LogP contribution in [0.2, 0.25) is 0 Å². The van der Waals surface area contributed by atoms with Crippen molar-refractivity contribution in [2.75, 3.05) is 20.3 Å². The number of nitrogens with zero attached hydrogens (tertiary/aromatic N) is 1. The van der Waals surface area contributed by atoms with Crippen molar-refractivity contribution in [3.05, 3.63) is 0 Å². The van der Waals surface area contributed by atoms with Crippen LogP contribution < -0.4 is 5.43 Å². The van der Waals surface area contributed by atoms with Gasteiger partial charge in [0, 0.05) is 6.54 Å². The summed E-state index contributed by atoms with van der Waals surface area (Å²) in [5.74, 6) is 0. The molecule has 4 heteroatoms. The van der Waals surface area contributed by atoms with Gasteiger partial charge in [0.1, 0.15) is 6.29 Å². The molecule has 15 heavy (non-hydrogen) atoms. The van der Waals surface area contributed by atoms with Crippen LogP contribution >= 0.6 is 0 Å². The van der Waals surface area contributed by atoms with Crippen molar-refractivity contribution >= 4 is 6.29 Å². The van der Waals surface area contributed by atoms with E-state index < -0.39 is 0 Å². The first kappa shape index (κ1) is 14.5. The summed E-state index contributed by atoms with van der Waals surface area (Å²) in [5.41, 5.74) is 2.69. The molecule has 0 heterocycles. The van der Waals surface area contributed by atoms with Crippen LogP contribution in [0.1, 0.15) is 33.6 Å². The lowest BCUT2D eigenvalue weighted by Crippen LogP contribution is -2.45. The Bertz CT molecular complexity index is 183. The van der Waals surface area contributed by atoms with Crippen LogP contribution in [-0.4, -0.2) is 37.6 Å². The van der Waals surface area contributed by atoms with E-state index in [0.717, 1.165) is 19.1 Å². The molecule has 0 aliphatic heterocycles. The minimum Gasteiger partial charge on any atom is -0.302 e. The van der Waals surface area contributed by atoms with Gasteiger partial charge in [-0.1, -0.05) is 13.8 Å². The van der Waals surface area contributed by atoms with E-state index in [1.807, 2.05) is 25.8 Å². The SMILES string of the molecule is CCC(C)(CF)CCN(NC)[C@H](C)C=O. The first-order valence-corrected chi connectivity index (χ1v) is 5.48. The molecule has 0 saturated carbocycles. The van der Waals surface area contributed by atoms with Crippen molar-refractivity contribution in [2.45, 2.75) is 39.7 Å². The molecule has 0 amide bonds. The average Bonchev–Trinajstić information content (AvgIpc) is 2.29. The van der Waals surface area contributed by atoms with Crippen LogP contribution in [0.15, 0.2) is 0 Å². The van der Waals surface area contributed by atoms with E-state index in [0.29, 0.717) is 6.54 Å². The third-order valence-electron chi connectivity index (χ3n) is 3.11. The second-order valence-electron chi connectivity index (χ2n) is 4.34. The van der Waals surface area contributed by atoms with Crippen molar-refractivity contribution < 1.29 is 9.18 Å². The van der Waals surface area contributed by atoms with Gasteiger partial charge in [-0.2, -0.15) is 0 Å². The van der Waals surface area contributed by atoms with E-state index in [9.17, 15) is 9.18 Å². The smallest absolute Gasteiger partial charge is 0.138 e. The molecular formula is C11H23FN2O. The fraction of sp³-hybridized carbons (Fsp3) is 0.909. The van der Waals surface area contributed by atoms with E-state index in [1.165, 1.54) is 0 Å². The molecule has 0 rings (SSSR count). The zero-order chi connectivity index (χ0) is 11.9. The first-order valence-electron chi connectivity index (χ1n) is 5.48. The van der Waals surface area contributed by atoms with Crippen LogP contribution in [0, 0.1) is 5.41 Å². The molecular weight excluding hydrogens is 195 g/mol. The molecule has 3 nitrogen and oxygen atoms in total. The van der Waals surface area contributed by atoms with Gasteiger partial charge in [-0.25, -0.2) is 5.01 Å². The topological polar surface area (TPSA) is 32.3 Å². The summed E-state index contributed by atoms with van der Waals surface area (Å²) in [4.78, 5) is 10.6. The number of aldehydes is 1. The van der Waals surface area contributed by atoms with E-state index in [4.69, 9.17) is 0 Å². The number of hydrazine groups is 1. The summed E-state index contributed by atoms with van der Waals surface area (Å²) in [6.45, 7) is 6.13. The minimum absolute atomic E-state index is 0.171. The number of alkyl halides is 1. The highest BCUT2D eigenvalue weighted by Crippen LogP contribution is 2.26. The maximum Gasteiger partial charge on any atom is 0.138 e. The van der Waals surface area contributed by atoms with E-state index in [1.54, 1.807) is 7.05 Å². The average molecular weight is 218 g/mol.